The maximum atomic E-state index is 12.5. The monoisotopic (exact) mass is 296 g/mol. The van der Waals surface area contributed by atoms with E-state index in [1.54, 1.807) is 7.11 Å². The molecule has 2 heteroatoms. The summed E-state index contributed by atoms with van der Waals surface area (Å²) in [6, 6.07) is 6.56. The average molecular weight is 296 g/mol. The summed E-state index contributed by atoms with van der Waals surface area (Å²) in [6.07, 6.45) is 5.38. The van der Waals surface area contributed by atoms with E-state index in [0.29, 0.717) is 23.5 Å². The molecule has 0 saturated heterocycles. The second-order valence-electron chi connectivity index (χ2n) is 7.57. The Labute approximate surface area is 132 Å². The number of rotatable bonds is 1. The molecular weight excluding hydrogens is 272 g/mol. The molecule has 2 nitrogen and oxygen atoms in total. The molecule has 0 N–H and O–H groups in total. The highest BCUT2D eigenvalue weighted by Gasteiger charge is 2.55. The van der Waals surface area contributed by atoms with E-state index in [-0.39, 0.29) is 5.41 Å². The lowest BCUT2D eigenvalue weighted by molar-refractivity contribution is -0.127. The number of fused-ring (bicyclic) bond motifs is 5. The van der Waals surface area contributed by atoms with Crippen molar-refractivity contribution in [2.75, 3.05) is 7.11 Å². The smallest absolute Gasteiger partial charge is 0.164 e. The van der Waals surface area contributed by atoms with Crippen LogP contribution in [0.4, 0.5) is 0 Å². The fourth-order valence-electron chi connectivity index (χ4n) is 5.43. The molecular formula is C20H24O2. The summed E-state index contributed by atoms with van der Waals surface area (Å²) < 4.78 is 5.37. The van der Waals surface area contributed by atoms with E-state index < -0.39 is 0 Å². The SMILES string of the molecule is C=C1C[C@@H]2[C@@H]3CCc4cc(OC)ccc4[C@H]3CC[C@]2(C)C1=O. The number of Topliss-reactive ketones (excluding diaryl/α,β-unsaturated/α-hetero) is 1. The Kier molecular flexibility index (Phi) is 3.01. The normalized spacial score (nSPS) is 36.5. The summed E-state index contributed by atoms with van der Waals surface area (Å²) >= 11 is 0. The third-order valence-corrected chi connectivity index (χ3v) is 6.63. The highest BCUT2D eigenvalue weighted by molar-refractivity contribution is 6.02. The van der Waals surface area contributed by atoms with Crippen molar-refractivity contribution in [1.29, 1.82) is 0 Å². The number of benzene rings is 1. The van der Waals surface area contributed by atoms with E-state index in [4.69, 9.17) is 4.74 Å². The van der Waals surface area contributed by atoms with Gasteiger partial charge < -0.3 is 4.74 Å². The highest BCUT2D eigenvalue weighted by Crippen LogP contribution is 2.60. The number of methoxy groups -OCH3 is 1. The minimum absolute atomic E-state index is 0.137. The molecule has 0 spiro atoms. The minimum Gasteiger partial charge on any atom is -0.497 e. The van der Waals surface area contributed by atoms with Crippen molar-refractivity contribution >= 4 is 5.78 Å². The van der Waals surface area contributed by atoms with Gasteiger partial charge in [0.2, 0.25) is 0 Å². The first-order valence-electron chi connectivity index (χ1n) is 8.44. The fraction of sp³-hybridized carbons (Fsp3) is 0.550. The maximum absolute atomic E-state index is 12.5. The molecule has 116 valence electrons. The van der Waals surface area contributed by atoms with Gasteiger partial charge in [0.25, 0.3) is 0 Å². The Morgan fingerprint density at radius 2 is 2.14 bits per heavy atom. The molecule has 0 unspecified atom stereocenters. The molecule has 0 aliphatic heterocycles. The van der Waals surface area contributed by atoms with Gasteiger partial charge in [0.05, 0.1) is 7.11 Å². The number of ether oxygens (including phenoxy) is 1. The minimum atomic E-state index is -0.137. The largest absolute Gasteiger partial charge is 0.497 e. The van der Waals surface area contributed by atoms with Gasteiger partial charge in [0, 0.05) is 5.41 Å². The van der Waals surface area contributed by atoms with Crippen molar-refractivity contribution in [1.82, 2.24) is 0 Å². The van der Waals surface area contributed by atoms with Gasteiger partial charge in [0.15, 0.2) is 5.78 Å². The van der Waals surface area contributed by atoms with E-state index in [9.17, 15) is 4.79 Å². The van der Waals surface area contributed by atoms with Crippen LogP contribution in [0.25, 0.3) is 0 Å². The molecule has 0 radical (unpaired) electrons. The van der Waals surface area contributed by atoms with Gasteiger partial charge in [-0.05, 0) is 78.7 Å². The average Bonchev–Trinajstić information content (AvgIpc) is 2.77. The number of carbonyl (C=O) groups is 1. The molecule has 4 atom stereocenters. The predicted molar refractivity (Wildman–Crippen MR) is 87.1 cm³/mol. The van der Waals surface area contributed by atoms with Crippen molar-refractivity contribution in [3.05, 3.63) is 41.5 Å². The van der Waals surface area contributed by atoms with Gasteiger partial charge in [-0.1, -0.05) is 19.6 Å². The molecule has 3 aliphatic carbocycles. The Morgan fingerprint density at radius 1 is 1.32 bits per heavy atom. The van der Waals surface area contributed by atoms with Crippen molar-refractivity contribution in [2.45, 2.75) is 44.9 Å². The zero-order valence-electron chi connectivity index (χ0n) is 13.5. The predicted octanol–water partition coefficient (Wildman–Crippen LogP) is 4.29. The fourth-order valence-corrected chi connectivity index (χ4v) is 5.43. The zero-order valence-corrected chi connectivity index (χ0v) is 13.5. The lowest BCUT2D eigenvalue weighted by Crippen LogP contribution is -2.42. The molecule has 0 heterocycles. The maximum Gasteiger partial charge on any atom is 0.164 e. The van der Waals surface area contributed by atoms with Crippen molar-refractivity contribution < 1.29 is 9.53 Å². The number of hydrogen-bond acceptors (Lipinski definition) is 2. The zero-order chi connectivity index (χ0) is 15.5. The molecule has 2 fully saturated rings. The third kappa shape index (κ3) is 1.76. The first-order valence-corrected chi connectivity index (χ1v) is 8.44. The molecule has 4 rings (SSSR count). The summed E-state index contributed by atoms with van der Waals surface area (Å²) in [5.74, 6) is 3.06. The molecule has 1 aromatic carbocycles. The van der Waals surface area contributed by atoms with Gasteiger partial charge in [-0.2, -0.15) is 0 Å². The van der Waals surface area contributed by atoms with Crippen LogP contribution in [0, 0.1) is 17.3 Å². The molecule has 0 bridgehead atoms. The number of carbonyl (C=O) groups excluding carboxylic acids is 1. The lowest BCUT2D eigenvalue weighted by Gasteiger charge is -2.48. The summed E-state index contributed by atoms with van der Waals surface area (Å²) in [5.41, 5.74) is 3.69. The highest BCUT2D eigenvalue weighted by atomic mass is 16.5. The van der Waals surface area contributed by atoms with Crippen LogP contribution in [0.5, 0.6) is 5.75 Å². The molecule has 0 amide bonds. The standard InChI is InChI=1S/C20H24O2/c1-12-10-18-17-6-4-13-11-14(22-3)5-7-15(13)16(17)8-9-20(18,2)19(12)21/h5,7,11,16-18H,1,4,6,8-10H2,2-3H3/t16-,17-,18-,20+/m1/s1. The van der Waals surface area contributed by atoms with E-state index in [1.165, 1.54) is 17.5 Å². The number of hydrogen-bond donors (Lipinski definition) is 0. The number of ketones is 1. The second-order valence-corrected chi connectivity index (χ2v) is 7.57. The van der Waals surface area contributed by atoms with Crippen LogP contribution in [-0.4, -0.2) is 12.9 Å². The topological polar surface area (TPSA) is 26.3 Å². The molecule has 1 aromatic rings. The Balaban J connectivity index is 1.71. The molecule has 0 aromatic heterocycles. The van der Waals surface area contributed by atoms with E-state index in [1.807, 2.05) is 0 Å². The molecule has 2 saturated carbocycles. The Morgan fingerprint density at radius 3 is 2.91 bits per heavy atom. The van der Waals surface area contributed by atoms with Crippen molar-refractivity contribution in [3.63, 3.8) is 0 Å². The van der Waals surface area contributed by atoms with Crippen LogP contribution in [0.3, 0.4) is 0 Å². The Hall–Kier alpha value is -1.57. The van der Waals surface area contributed by atoms with Gasteiger partial charge in [-0.3, -0.25) is 4.79 Å². The van der Waals surface area contributed by atoms with Gasteiger partial charge in [-0.15, -0.1) is 0 Å². The summed E-state index contributed by atoms with van der Waals surface area (Å²) in [7, 11) is 1.73. The van der Waals surface area contributed by atoms with Gasteiger partial charge >= 0.3 is 0 Å². The number of aryl methyl sites for hydroxylation is 1. The van der Waals surface area contributed by atoms with E-state index in [0.717, 1.165) is 37.0 Å². The van der Waals surface area contributed by atoms with Crippen LogP contribution in [0.2, 0.25) is 0 Å². The van der Waals surface area contributed by atoms with Crippen LogP contribution in [0.1, 0.15) is 49.7 Å². The summed E-state index contributed by atoms with van der Waals surface area (Å²) in [4.78, 5) is 12.5. The lowest BCUT2D eigenvalue weighted by atomic mass is 9.55. The number of allylic oxidation sites excluding steroid dienone is 1. The quantitative estimate of drug-likeness (QED) is 0.723. The van der Waals surface area contributed by atoms with Gasteiger partial charge in [-0.25, -0.2) is 0 Å². The van der Waals surface area contributed by atoms with Gasteiger partial charge in [0.1, 0.15) is 5.75 Å². The van der Waals surface area contributed by atoms with Crippen LogP contribution in [-0.2, 0) is 11.2 Å². The first-order chi connectivity index (χ1) is 10.5. The molecule has 22 heavy (non-hydrogen) atoms. The summed E-state index contributed by atoms with van der Waals surface area (Å²) in [6.45, 7) is 6.24. The summed E-state index contributed by atoms with van der Waals surface area (Å²) in [5, 5.41) is 0. The van der Waals surface area contributed by atoms with E-state index in [2.05, 4.69) is 31.7 Å². The Bertz CT molecular complexity index is 660. The molecule has 3 aliphatic rings. The first kappa shape index (κ1) is 14.0. The van der Waals surface area contributed by atoms with E-state index >= 15 is 0 Å². The van der Waals surface area contributed by atoms with Crippen LogP contribution >= 0.6 is 0 Å². The third-order valence-electron chi connectivity index (χ3n) is 6.63. The van der Waals surface area contributed by atoms with Crippen LogP contribution in [0.15, 0.2) is 30.4 Å². The second kappa shape index (κ2) is 4.71. The van der Waals surface area contributed by atoms with Crippen LogP contribution < -0.4 is 4.74 Å². The van der Waals surface area contributed by atoms with Crippen molar-refractivity contribution in [3.8, 4) is 5.75 Å². The van der Waals surface area contributed by atoms with Crippen molar-refractivity contribution in [2.24, 2.45) is 17.3 Å².